The summed E-state index contributed by atoms with van der Waals surface area (Å²) in [5, 5.41) is 6.30. The Balaban J connectivity index is 0.000000131. The van der Waals surface area contributed by atoms with Crippen LogP contribution in [0.3, 0.4) is 0 Å². The third kappa shape index (κ3) is 7.67. The van der Waals surface area contributed by atoms with Crippen LogP contribution in [0, 0.1) is 97.3 Å². The average Bonchev–Trinajstić information content (AvgIpc) is 4.10. The van der Waals surface area contributed by atoms with Crippen LogP contribution in [0.1, 0.15) is 80.1 Å². The first kappa shape index (κ1) is 36.1. The third-order valence-corrected chi connectivity index (χ3v) is 13.0. The molecule has 8 rings (SSSR count). The van der Waals surface area contributed by atoms with Gasteiger partial charge in [-0.15, -0.1) is 0 Å². The van der Waals surface area contributed by atoms with E-state index in [-0.39, 0.29) is 48.3 Å². The molecule has 0 aromatic rings. The van der Waals surface area contributed by atoms with E-state index >= 15 is 0 Å². The molecule has 10 heteroatoms. The summed E-state index contributed by atoms with van der Waals surface area (Å²) in [6.45, 7) is 44.2. The number of carbonyl (C=O) groups is 2. The summed E-state index contributed by atoms with van der Waals surface area (Å²) in [5.74, 6) is 6.79. The Morgan fingerprint density at radius 3 is 1.19 bits per heavy atom. The van der Waals surface area contributed by atoms with E-state index in [0.717, 1.165) is 75.5 Å². The molecule has 8 fully saturated rings. The second kappa shape index (κ2) is 15.2. The molecule has 0 aromatic carbocycles. The van der Waals surface area contributed by atoms with Crippen LogP contribution in [-0.4, -0.2) is 72.5 Å². The van der Waals surface area contributed by atoms with Gasteiger partial charge in [0.1, 0.15) is 0 Å². The maximum Gasteiger partial charge on any atom is 0.303 e. The highest BCUT2D eigenvalue weighted by Gasteiger charge is 2.60. The molecule has 4 saturated carbocycles. The molecule has 2 unspecified atom stereocenters. The lowest BCUT2D eigenvalue weighted by molar-refractivity contribution is -0.138. The molecule has 2 amide bonds. The number of nitrogens with one attached hydrogen (secondary N) is 2. The van der Waals surface area contributed by atoms with Crippen molar-refractivity contribution in [3.8, 4) is 0 Å². The minimum Gasteiger partial charge on any atom is -0.296 e. The Morgan fingerprint density at radius 1 is 0.604 bits per heavy atom. The lowest BCUT2D eigenvalue weighted by Crippen LogP contribution is -2.41. The van der Waals surface area contributed by atoms with Crippen molar-refractivity contribution in [1.82, 2.24) is 20.4 Å². The second-order valence-corrected chi connectivity index (χ2v) is 16.0. The highest BCUT2D eigenvalue weighted by molar-refractivity contribution is 5.80. The van der Waals surface area contributed by atoms with Crippen molar-refractivity contribution in [2.45, 2.75) is 105 Å². The van der Waals surface area contributed by atoms with E-state index in [2.05, 4.69) is 57.7 Å². The van der Waals surface area contributed by atoms with Gasteiger partial charge in [0.25, 0.3) is 12.3 Å². The van der Waals surface area contributed by atoms with Gasteiger partial charge in [-0.3, -0.25) is 38.8 Å². The van der Waals surface area contributed by atoms with Gasteiger partial charge in [-0.25, -0.2) is 36.9 Å². The molecule has 2 N–H and O–H groups in total. The zero-order valence-corrected chi connectivity index (χ0v) is 29.8. The maximum absolute atomic E-state index is 12.3. The van der Waals surface area contributed by atoms with Gasteiger partial charge in [0.2, 0.25) is 11.8 Å². The molecule has 4 aliphatic heterocycles. The van der Waals surface area contributed by atoms with Crippen LogP contribution >= 0.6 is 0 Å². The van der Waals surface area contributed by atoms with Gasteiger partial charge in [0, 0.05) is 38.0 Å². The molecular formula is C38H56N8O2. The fraction of sp³-hybridized carbons (Fsp3) is 0.842. The van der Waals surface area contributed by atoms with Crippen molar-refractivity contribution in [3.63, 3.8) is 0 Å². The molecule has 0 spiro atoms. The molecule has 4 aliphatic carbocycles. The third-order valence-electron chi connectivity index (χ3n) is 13.0. The van der Waals surface area contributed by atoms with E-state index in [0.29, 0.717) is 35.5 Å². The summed E-state index contributed by atoms with van der Waals surface area (Å²) >= 11 is 0. The Bertz CT molecular complexity index is 1260. The van der Waals surface area contributed by atoms with E-state index in [1.807, 2.05) is 23.6 Å². The number of carbonyl (C=O) groups excluding carboxylic acids is 2. The van der Waals surface area contributed by atoms with Crippen molar-refractivity contribution in [2.24, 2.45) is 71.0 Å². The number of likely N-dealkylation sites (tertiary alicyclic amines) is 2. The van der Waals surface area contributed by atoms with E-state index < -0.39 is 0 Å². The summed E-state index contributed by atoms with van der Waals surface area (Å²) in [4.78, 5) is 42.4. The van der Waals surface area contributed by atoms with Crippen LogP contribution in [0.25, 0.3) is 19.4 Å². The van der Waals surface area contributed by atoms with E-state index in [1.165, 1.54) is 12.8 Å². The van der Waals surface area contributed by atoms with Crippen molar-refractivity contribution >= 4 is 11.8 Å². The lowest BCUT2D eigenvalue weighted by Gasteiger charge is -2.25. The second-order valence-electron chi connectivity index (χ2n) is 16.0. The Morgan fingerprint density at radius 2 is 0.958 bits per heavy atom. The number of hydrogen-bond donors (Lipinski definition) is 2. The summed E-state index contributed by atoms with van der Waals surface area (Å²) in [6.07, 6.45) is 7.04. The smallest absolute Gasteiger partial charge is 0.296 e. The van der Waals surface area contributed by atoms with Gasteiger partial charge in [-0.1, -0.05) is 54.4 Å². The first-order valence-electron chi connectivity index (χ1n) is 18.6. The first-order chi connectivity index (χ1) is 23.0. The molecule has 0 aromatic heterocycles. The summed E-state index contributed by atoms with van der Waals surface area (Å²) in [5.41, 5.74) is 0. The predicted octanol–water partition coefficient (Wildman–Crippen LogP) is 5.73. The van der Waals surface area contributed by atoms with Crippen molar-refractivity contribution in [1.29, 1.82) is 0 Å². The molecule has 10 nitrogen and oxygen atoms in total. The number of fused-ring (bicyclic) bond motifs is 4. The summed E-state index contributed by atoms with van der Waals surface area (Å²) < 4.78 is 0. The molecule has 16 atom stereocenters. The molecule has 4 saturated heterocycles. The van der Waals surface area contributed by atoms with E-state index in [4.69, 9.17) is 26.3 Å². The van der Waals surface area contributed by atoms with Gasteiger partial charge in [0.15, 0.2) is 0 Å². The largest absolute Gasteiger partial charge is 0.303 e. The molecular weight excluding hydrogens is 600 g/mol. The number of rotatable bonds is 6. The van der Waals surface area contributed by atoms with Crippen molar-refractivity contribution in [2.75, 3.05) is 26.2 Å². The summed E-state index contributed by atoms with van der Waals surface area (Å²) in [6, 6.07) is 0. The average molecular weight is 657 g/mol. The molecule has 260 valence electrons. The highest BCUT2D eigenvalue weighted by atomic mass is 16.2. The van der Waals surface area contributed by atoms with Crippen LogP contribution in [0.5, 0.6) is 0 Å². The number of amides is 2. The molecule has 4 heterocycles. The fourth-order valence-electron chi connectivity index (χ4n) is 8.28. The number of piperidine rings is 4. The topological polar surface area (TPSA) is 82.1 Å². The zero-order chi connectivity index (χ0) is 34.9. The monoisotopic (exact) mass is 656 g/mol. The maximum atomic E-state index is 12.3. The molecule has 0 radical (unpaired) electrons. The molecule has 8 aliphatic rings. The zero-order valence-electron chi connectivity index (χ0n) is 29.8. The Hall–Kier alpha value is -3.18. The molecule has 0 bridgehead atoms. The molecule has 48 heavy (non-hydrogen) atoms. The van der Waals surface area contributed by atoms with Crippen LogP contribution in [0.4, 0.5) is 0 Å². The lowest BCUT2D eigenvalue weighted by atomic mass is 9.92. The SMILES string of the molecule is [C-]#[N+][C@@H]1NC[C@@H]2C[C@@H]21.[C-]#[N+][C@@H]1[C@@H]2C[C@@H]2CN1C(=O)[C@@H](C)C(C)CC.[C-]#[N+][C@H]1NC[C@H]2C[C@H]21.[C-]#[N+][C@H]1[C@H]2C[C@H]2CN1C(=O)[C@@H](C)C(C)CC. The number of nitrogens with zero attached hydrogens (tertiary/aromatic N) is 6. The highest BCUT2D eigenvalue weighted by Crippen LogP contribution is 2.51. The van der Waals surface area contributed by atoms with Crippen molar-refractivity contribution < 1.29 is 9.59 Å². The minimum atomic E-state index is -0.149. The van der Waals surface area contributed by atoms with Crippen LogP contribution < -0.4 is 10.6 Å². The van der Waals surface area contributed by atoms with E-state index in [1.54, 1.807) is 0 Å². The predicted molar refractivity (Wildman–Crippen MR) is 185 cm³/mol. The first-order valence-corrected chi connectivity index (χ1v) is 18.6. The number of hydrogen-bond acceptors (Lipinski definition) is 4. The van der Waals surface area contributed by atoms with Crippen LogP contribution in [0.2, 0.25) is 0 Å². The minimum absolute atomic E-state index is 0.0618. The van der Waals surface area contributed by atoms with Gasteiger partial charge in [-0.05, 0) is 61.2 Å². The van der Waals surface area contributed by atoms with Gasteiger partial charge in [-0.2, -0.15) is 0 Å². The van der Waals surface area contributed by atoms with Crippen LogP contribution in [0.15, 0.2) is 0 Å². The Kier molecular flexibility index (Phi) is 11.4. The Labute approximate surface area is 289 Å². The fourth-order valence-corrected chi connectivity index (χ4v) is 8.28. The van der Waals surface area contributed by atoms with Gasteiger partial charge >= 0.3 is 12.3 Å². The normalized spacial score (nSPS) is 40.1. The quantitative estimate of drug-likeness (QED) is 0.358. The van der Waals surface area contributed by atoms with Gasteiger partial charge < -0.3 is 0 Å². The van der Waals surface area contributed by atoms with E-state index in [9.17, 15) is 9.59 Å². The standard InChI is InChI=1S/2C13H20N2O.2C6H8N2/c2*1-5-8(2)9(3)13(16)15-7-10-6-11(10)12(15)14-4;2*1-7-6-5-2-4(5)3-8-6/h2*8-12H,5-7H2,1-3H3;2*4-6,8H,2-3H2/t8?,9-,10+,11+,12-;8?,9-,10-,11-,12+;2*4-,5-,6+/m0010/s1. The van der Waals surface area contributed by atoms with Crippen molar-refractivity contribution in [3.05, 3.63) is 45.7 Å². The van der Waals surface area contributed by atoms with Crippen LogP contribution in [-0.2, 0) is 9.59 Å². The summed E-state index contributed by atoms with van der Waals surface area (Å²) in [7, 11) is 0. The van der Waals surface area contributed by atoms with Gasteiger partial charge in [0.05, 0.1) is 23.7 Å².